The van der Waals surface area contributed by atoms with Crippen LogP contribution in [0.15, 0.2) is 59.8 Å². The van der Waals surface area contributed by atoms with Crippen LogP contribution in [-0.4, -0.2) is 16.4 Å². The molecule has 3 rings (SSSR count). The molecular formula is C16H14N4. The number of nitrogens with zero attached hydrogens (tertiary/aromatic N) is 3. The summed E-state index contributed by atoms with van der Waals surface area (Å²) < 4.78 is 0. The Morgan fingerprint density at radius 1 is 1.05 bits per heavy atom. The predicted octanol–water partition coefficient (Wildman–Crippen LogP) is 3.38. The maximum atomic E-state index is 4.21. The maximum Gasteiger partial charge on any atom is 0.176 e. The van der Waals surface area contributed by atoms with Crippen LogP contribution < -0.4 is 5.43 Å². The van der Waals surface area contributed by atoms with Crippen LogP contribution in [0.3, 0.4) is 0 Å². The fourth-order valence-corrected chi connectivity index (χ4v) is 1.93. The van der Waals surface area contributed by atoms with Gasteiger partial charge in [-0.25, -0.2) is 0 Å². The van der Waals surface area contributed by atoms with Crippen molar-refractivity contribution in [3.8, 4) is 0 Å². The summed E-state index contributed by atoms with van der Waals surface area (Å²) in [6, 6.07) is 16.1. The van der Waals surface area contributed by atoms with Gasteiger partial charge in [0.1, 0.15) is 0 Å². The minimum Gasteiger partial charge on any atom is -0.259 e. The summed E-state index contributed by atoms with van der Waals surface area (Å²) >= 11 is 0. The number of fused-ring (bicyclic) bond motifs is 1. The smallest absolute Gasteiger partial charge is 0.176 e. The van der Waals surface area contributed by atoms with Gasteiger partial charge in [-0.1, -0.05) is 54.1 Å². The van der Waals surface area contributed by atoms with Crippen LogP contribution in [0, 0.1) is 6.92 Å². The summed E-state index contributed by atoms with van der Waals surface area (Å²) in [4.78, 5) is 0. The van der Waals surface area contributed by atoms with Gasteiger partial charge >= 0.3 is 0 Å². The van der Waals surface area contributed by atoms with Crippen molar-refractivity contribution in [2.45, 2.75) is 6.92 Å². The molecule has 0 atom stereocenters. The molecule has 0 radical (unpaired) electrons. The Kier molecular flexibility index (Phi) is 3.37. The van der Waals surface area contributed by atoms with Gasteiger partial charge in [0.05, 0.1) is 12.4 Å². The van der Waals surface area contributed by atoms with Gasteiger partial charge in [-0.05, 0) is 12.5 Å². The molecule has 0 unspecified atom stereocenters. The Morgan fingerprint density at radius 2 is 1.85 bits per heavy atom. The molecule has 2 aromatic carbocycles. The van der Waals surface area contributed by atoms with Gasteiger partial charge in [0.25, 0.3) is 0 Å². The average molecular weight is 262 g/mol. The highest BCUT2D eigenvalue weighted by Gasteiger charge is 2.00. The van der Waals surface area contributed by atoms with Crippen LogP contribution in [0.4, 0.5) is 5.82 Å². The van der Waals surface area contributed by atoms with Crippen LogP contribution in [0.25, 0.3) is 10.8 Å². The second kappa shape index (κ2) is 5.48. The number of benzene rings is 2. The summed E-state index contributed by atoms with van der Waals surface area (Å²) in [7, 11) is 0. The molecule has 0 aliphatic carbocycles. The van der Waals surface area contributed by atoms with Crippen molar-refractivity contribution in [2.24, 2.45) is 5.10 Å². The molecule has 3 aromatic rings. The summed E-state index contributed by atoms with van der Waals surface area (Å²) in [5, 5.41) is 14.3. The zero-order chi connectivity index (χ0) is 13.8. The van der Waals surface area contributed by atoms with E-state index in [4.69, 9.17) is 0 Å². The highest BCUT2D eigenvalue weighted by molar-refractivity contribution is 5.91. The number of aromatic nitrogens is 2. The number of aryl methyl sites for hydroxylation is 1. The van der Waals surface area contributed by atoms with Gasteiger partial charge in [-0.15, -0.1) is 5.10 Å². The van der Waals surface area contributed by atoms with E-state index in [0.717, 1.165) is 16.3 Å². The van der Waals surface area contributed by atoms with Gasteiger partial charge in [0.15, 0.2) is 5.82 Å². The zero-order valence-corrected chi connectivity index (χ0v) is 11.1. The van der Waals surface area contributed by atoms with E-state index in [0.29, 0.717) is 5.82 Å². The van der Waals surface area contributed by atoms with Crippen molar-refractivity contribution in [3.63, 3.8) is 0 Å². The van der Waals surface area contributed by atoms with E-state index in [9.17, 15) is 0 Å². The third kappa shape index (κ3) is 2.64. The van der Waals surface area contributed by atoms with Crippen LogP contribution in [0.1, 0.15) is 11.1 Å². The first-order valence-electron chi connectivity index (χ1n) is 6.39. The highest BCUT2D eigenvalue weighted by atomic mass is 15.3. The summed E-state index contributed by atoms with van der Waals surface area (Å²) in [6.07, 6.45) is 3.51. The lowest BCUT2D eigenvalue weighted by molar-refractivity contribution is 1.04. The SMILES string of the molecule is Cc1ccc(/C=N\Nc2nncc3ccccc23)cc1. The molecule has 1 heterocycles. The number of nitrogens with one attached hydrogen (secondary N) is 1. The predicted molar refractivity (Wildman–Crippen MR) is 81.9 cm³/mol. The first kappa shape index (κ1) is 12.3. The third-order valence-electron chi connectivity index (χ3n) is 3.03. The summed E-state index contributed by atoms with van der Waals surface area (Å²) in [6.45, 7) is 2.06. The lowest BCUT2D eigenvalue weighted by Gasteiger charge is -2.02. The molecule has 0 fully saturated rings. The van der Waals surface area contributed by atoms with Crippen LogP contribution >= 0.6 is 0 Å². The van der Waals surface area contributed by atoms with E-state index < -0.39 is 0 Å². The largest absolute Gasteiger partial charge is 0.259 e. The quantitative estimate of drug-likeness (QED) is 0.581. The van der Waals surface area contributed by atoms with Gasteiger partial charge in [0.2, 0.25) is 0 Å². The van der Waals surface area contributed by atoms with Gasteiger partial charge in [-0.2, -0.15) is 10.2 Å². The van der Waals surface area contributed by atoms with Crippen molar-refractivity contribution in [1.82, 2.24) is 10.2 Å². The lowest BCUT2D eigenvalue weighted by Crippen LogP contribution is -1.96. The van der Waals surface area contributed by atoms with Crippen LogP contribution in [0.2, 0.25) is 0 Å². The summed E-state index contributed by atoms with van der Waals surface area (Å²) in [5.74, 6) is 0.659. The van der Waals surface area contributed by atoms with Crippen molar-refractivity contribution >= 4 is 22.8 Å². The number of hydrazone groups is 1. The standard InChI is InChI=1S/C16H14N4/c1-12-6-8-13(9-7-12)10-17-19-16-15-5-3-2-4-14(15)11-18-20-16/h2-11H,1H3,(H,19,20)/b17-10-. The van der Waals surface area contributed by atoms with Gasteiger partial charge < -0.3 is 0 Å². The van der Waals surface area contributed by atoms with Crippen molar-refractivity contribution < 1.29 is 0 Å². The van der Waals surface area contributed by atoms with Gasteiger partial charge in [0, 0.05) is 10.8 Å². The lowest BCUT2D eigenvalue weighted by atomic mass is 10.2. The Bertz CT molecular complexity index is 743. The van der Waals surface area contributed by atoms with E-state index >= 15 is 0 Å². The van der Waals surface area contributed by atoms with E-state index in [2.05, 4.69) is 39.8 Å². The molecule has 0 amide bonds. The molecule has 0 aliphatic rings. The minimum absolute atomic E-state index is 0.659. The molecule has 98 valence electrons. The molecule has 0 saturated heterocycles. The molecule has 0 bridgehead atoms. The number of anilines is 1. The molecule has 0 saturated carbocycles. The zero-order valence-electron chi connectivity index (χ0n) is 11.1. The molecular weight excluding hydrogens is 248 g/mol. The molecule has 1 aromatic heterocycles. The fraction of sp³-hybridized carbons (Fsp3) is 0.0625. The van der Waals surface area contributed by atoms with E-state index in [-0.39, 0.29) is 0 Å². The van der Waals surface area contributed by atoms with Crippen LogP contribution in [0.5, 0.6) is 0 Å². The topological polar surface area (TPSA) is 50.2 Å². The summed E-state index contributed by atoms with van der Waals surface area (Å²) in [5.41, 5.74) is 5.22. The van der Waals surface area contributed by atoms with Crippen LogP contribution in [-0.2, 0) is 0 Å². The average Bonchev–Trinajstić information content (AvgIpc) is 2.49. The van der Waals surface area contributed by atoms with Crippen molar-refractivity contribution in [2.75, 3.05) is 5.43 Å². The first-order valence-corrected chi connectivity index (χ1v) is 6.39. The third-order valence-corrected chi connectivity index (χ3v) is 3.03. The number of hydrogen-bond acceptors (Lipinski definition) is 4. The Balaban J connectivity index is 1.81. The Morgan fingerprint density at radius 3 is 2.70 bits per heavy atom. The van der Waals surface area contributed by atoms with Crippen molar-refractivity contribution in [1.29, 1.82) is 0 Å². The second-order valence-corrected chi connectivity index (χ2v) is 4.56. The molecule has 0 spiro atoms. The van der Waals surface area contributed by atoms with Gasteiger partial charge in [-0.3, -0.25) is 5.43 Å². The molecule has 1 N–H and O–H groups in total. The Hall–Kier alpha value is -2.75. The van der Waals surface area contributed by atoms with E-state index in [1.807, 2.05) is 36.4 Å². The Labute approximate surface area is 117 Å². The van der Waals surface area contributed by atoms with Crippen molar-refractivity contribution in [3.05, 3.63) is 65.9 Å². The fourth-order valence-electron chi connectivity index (χ4n) is 1.93. The maximum absolute atomic E-state index is 4.21. The first-order chi connectivity index (χ1) is 9.83. The monoisotopic (exact) mass is 262 g/mol. The van der Waals surface area contributed by atoms with E-state index in [1.165, 1.54) is 5.56 Å². The minimum atomic E-state index is 0.659. The second-order valence-electron chi connectivity index (χ2n) is 4.56. The molecule has 20 heavy (non-hydrogen) atoms. The molecule has 4 heteroatoms. The number of rotatable bonds is 3. The highest BCUT2D eigenvalue weighted by Crippen LogP contribution is 2.18. The van der Waals surface area contributed by atoms with E-state index in [1.54, 1.807) is 12.4 Å². The molecule has 4 nitrogen and oxygen atoms in total. The number of hydrogen-bond donors (Lipinski definition) is 1. The normalized spacial score (nSPS) is 11.1. The molecule has 0 aliphatic heterocycles.